The topological polar surface area (TPSA) is 33.7 Å². The van der Waals surface area contributed by atoms with Gasteiger partial charge >= 0.3 is 0 Å². The van der Waals surface area contributed by atoms with Gasteiger partial charge in [0.25, 0.3) is 0 Å². The molecule has 0 aromatic heterocycles. The summed E-state index contributed by atoms with van der Waals surface area (Å²) in [6, 6.07) is 3.66. The minimum Gasteiger partial charge on any atom is -0.493 e. The number of ether oxygens (including phenoxy) is 2. The fraction of sp³-hybridized carbons (Fsp3) is 0.571. The number of nitrogens with zero attached hydrogens (tertiary/aromatic N) is 1. The predicted molar refractivity (Wildman–Crippen MR) is 79.4 cm³/mol. The average molecular weight is 287 g/mol. The van der Waals surface area contributed by atoms with E-state index in [0.717, 1.165) is 30.8 Å². The molecule has 1 aromatic rings. The molecule has 1 aromatic carbocycles. The standard InChI is InChI=1S/C14H23ClN2O2/c1-17(2)7-5-6-16-10-11-8-12(15)9-13(18-3)14(11)19-4/h8-9,16H,5-7,10H2,1-4H3. The Kier molecular flexibility index (Phi) is 6.99. The van der Waals surface area contributed by atoms with Crippen LogP contribution in [0.3, 0.4) is 0 Å². The lowest BCUT2D eigenvalue weighted by Crippen LogP contribution is -2.21. The van der Waals surface area contributed by atoms with Crippen LogP contribution in [0.5, 0.6) is 11.5 Å². The molecule has 5 heteroatoms. The minimum absolute atomic E-state index is 0.655. The minimum atomic E-state index is 0.655. The van der Waals surface area contributed by atoms with Gasteiger partial charge < -0.3 is 19.7 Å². The molecule has 0 amide bonds. The van der Waals surface area contributed by atoms with E-state index in [-0.39, 0.29) is 0 Å². The van der Waals surface area contributed by atoms with Crippen molar-refractivity contribution in [3.05, 3.63) is 22.7 Å². The summed E-state index contributed by atoms with van der Waals surface area (Å²) in [5.41, 5.74) is 1.01. The highest BCUT2D eigenvalue weighted by atomic mass is 35.5. The maximum Gasteiger partial charge on any atom is 0.165 e. The summed E-state index contributed by atoms with van der Waals surface area (Å²) < 4.78 is 10.7. The van der Waals surface area contributed by atoms with Crippen LogP contribution in [0, 0.1) is 0 Å². The number of methoxy groups -OCH3 is 2. The third kappa shape index (κ3) is 5.27. The molecule has 0 unspecified atom stereocenters. The molecule has 0 saturated heterocycles. The van der Waals surface area contributed by atoms with Gasteiger partial charge in [-0.3, -0.25) is 0 Å². The zero-order valence-electron chi connectivity index (χ0n) is 12.1. The van der Waals surface area contributed by atoms with Crippen molar-refractivity contribution in [3.63, 3.8) is 0 Å². The quantitative estimate of drug-likeness (QED) is 0.744. The first-order chi connectivity index (χ1) is 9.08. The van der Waals surface area contributed by atoms with E-state index in [1.54, 1.807) is 20.3 Å². The molecule has 0 bridgehead atoms. The second-order valence-corrected chi connectivity index (χ2v) is 5.07. The average Bonchev–Trinajstić information content (AvgIpc) is 2.37. The summed E-state index contributed by atoms with van der Waals surface area (Å²) >= 11 is 6.07. The normalized spacial score (nSPS) is 10.8. The van der Waals surface area contributed by atoms with Gasteiger partial charge in [-0.25, -0.2) is 0 Å². The van der Waals surface area contributed by atoms with Crippen LogP contribution in [-0.2, 0) is 6.54 Å². The number of nitrogens with one attached hydrogen (secondary N) is 1. The molecule has 0 fully saturated rings. The van der Waals surface area contributed by atoms with Crippen molar-refractivity contribution in [1.29, 1.82) is 0 Å². The van der Waals surface area contributed by atoms with Gasteiger partial charge in [0.05, 0.1) is 14.2 Å². The maximum atomic E-state index is 6.07. The van der Waals surface area contributed by atoms with E-state index in [2.05, 4.69) is 24.3 Å². The molecular weight excluding hydrogens is 264 g/mol. The van der Waals surface area contributed by atoms with Crippen LogP contribution in [0.15, 0.2) is 12.1 Å². The summed E-state index contributed by atoms with van der Waals surface area (Å²) in [7, 11) is 7.40. The van der Waals surface area contributed by atoms with Crippen molar-refractivity contribution in [2.75, 3.05) is 41.4 Å². The summed E-state index contributed by atoms with van der Waals surface area (Å²) in [5, 5.41) is 4.04. The summed E-state index contributed by atoms with van der Waals surface area (Å²) in [5.74, 6) is 1.41. The van der Waals surface area contributed by atoms with Crippen LogP contribution >= 0.6 is 11.6 Å². The third-order valence-corrected chi connectivity index (χ3v) is 3.01. The zero-order chi connectivity index (χ0) is 14.3. The van der Waals surface area contributed by atoms with Crippen molar-refractivity contribution >= 4 is 11.6 Å². The smallest absolute Gasteiger partial charge is 0.165 e. The van der Waals surface area contributed by atoms with Gasteiger partial charge in [-0.2, -0.15) is 0 Å². The Bertz CT molecular complexity index is 397. The van der Waals surface area contributed by atoms with Crippen LogP contribution in [0.2, 0.25) is 5.02 Å². The first kappa shape index (κ1) is 16.1. The maximum absolute atomic E-state index is 6.07. The highest BCUT2D eigenvalue weighted by Crippen LogP contribution is 2.34. The van der Waals surface area contributed by atoms with Crippen LogP contribution in [-0.4, -0.2) is 46.3 Å². The lowest BCUT2D eigenvalue weighted by atomic mass is 10.2. The zero-order valence-corrected chi connectivity index (χ0v) is 12.9. The van der Waals surface area contributed by atoms with Gasteiger partial charge in [0.2, 0.25) is 0 Å². The molecule has 19 heavy (non-hydrogen) atoms. The Morgan fingerprint density at radius 3 is 2.53 bits per heavy atom. The van der Waals surface area contributed by atoms with E-state index in [1.807, 2.05) is 6.07 Å². The van der Waals surface area contributed by atoms with Crippen molar-refractivity contribution < 1.29 is 9.47 Å². The van der Waals surface area contributed by atoms with Crippen LogP contribution in [0.4, 0.5) is 0 Å². The molecule has 0 aliphatic carbocycles. The van der Waals surface area contributed by atoms with E-state index in [0.29, 0.717) is 17.3 Å². The lowest BCUT2D eigenvalue weighted by Gasteiger charge is -2.14. The SMILES string of the molecule is COc1cc(Cl)cc(CNCCCN(C)C)c1OC. The summed E-state index contributed by atoms with van der Waals surface area (Å²) in [4.78, 5) is 2.17. The molecule has 0 spiro atoms. The molecule has 0 aliphatic rings. The second-order valence-electron chi connectivity index (χ2n) is 4.63. The molecular formula is C14H23ClN2O2. The van der Waals surface area contributed by atoms with Crippen molar-refractivity contribution in [2.24, 2.45) is 0 Å². The van der Waals surface area contributed by atoms with Gasteiger partial charge in [0.1, 0.15) is 0 Å². The second kappa shape index (κ2) is 8.25. The highest BCUT2D eigenvalue weighted by Gasteiger charge is 2.11. The molecule has 108 valence electrons. The molecule has 0 saturated carbocycles. The van der Waals surface area contributed by atoms with Gasteiger partial charge in [-0.05, 0) is 39.7 Å². The first-order valence-electron chi connectivity index (χ1n) is 6.34. The largest absolute Gasteiger partial charge is 0.493 e. The van der Waals surface area contributed by atoms with E-state index in [4.69, 9.17) is 21.1 Å². The summed E-state index contributed by atoms with van der Waals surface area (Å²) in [6.45, 7) is 2.74. The van der Waals surface area contributed by atoms with Crippen molar-refractivity contribution in [1.82, 2.24) is 10.2 Å². The van der Waals surface area contributed by atoms with Crippen LogP contribution in [0.1, 0.15) is 12.0 Å². The molecule has 1 N–H and O–H groups in total. The number of hydrogen-bond acceptors (Lipinski definition) is 4. The van der Waals surface area contributed by atoms with Gasteiger partial charge in [0.15, 0.2) is 11.5 Å². The Hall–Kier alpha value is -0.970. The molecule has 4 nitrogen and oxygen atoms in total. The molecule has 1 rings (SSSR count). The lowest BCUT2D eigenvalue weighted by molar-refractivity contribution is 0.350. The molecule has 0 radical (unpaired) electrons. The first-order valence-corrected chi connectivity index (χ1v) is 6.72. The van der Waals surface area contributed by atoms with Crippen molar-refractivity contribution in [3.8, 4) is 11.5 Å². The van der Waals surface area contributed by atoms with Gasteiger partial charge in [-0.1, -0.05) is 11.6 Å². The van der Waals surface area contributed by atoms with E-state index >= 15 is 0 Å². The highest BCUT2D eigenvalue weighted by molar-refractivity contribution is 6.30. The van der Waals surface area contributed by atoms with E-state index in [9.17, 15) is 0 Å². The van der Waals surface area contributed by atoms with E-state index < -0.39 is 0 Å². The molecule has 0 heterocycles. The Labute approximate surface area is 120 Å². The van der Waals surface area contributed by atoms with Crippen LogP contribution < -0.4 is 14.8 Å². The predicted octanol–water partition coefficient (Wildman–Crippen LogP) is 2.40. The number of halogens is 1. The van der Waals surface area contributed by atoms with Crippen molar-refractivity contribution in [2.45, 2.75) is 13.0 Å². The molecule has 0 aliphatic heterocycles. The fourth-order valence-corrected chi connectivity index (χ4v) is 2.11. The summed E-state index contributed by atoms with van der Waals surface area (Å²) in [6.07, 6.45) is 1.10. The number of benzene rings is 1. The van der Waals surface area contributed by atoms with Gasteiger partial charge in [-0.15, -0.1) is 0 Å². The number of hydrogen-bond donors (Lipinski definition) is 1. The van der Waals surface area contributed by atoms with E-state index in [1.165, 1.54) is 0 Å². The Morgan fingerprint density at radius 1 is 1.21 bits per heavy atom. The Morgan fingerprint density at radius 2 is 1.95 bits per heavy atom. The monoisotopic (exact) mass is 286 g/mol. The molecule has 0 atom stereocenters. The fourth-order valence-electron chi connectivity index (χ4n) is 1.88. The van der Waals surface area contributed by atoms with Gasteiger partial charge in [0, 0.05) is 23.2 Å². The van der Waals surface area contributed by atoms with Crippen LogP contribution in [0.25, 0.3) is 0 Å². The third-order valence-electron chi connectivity index (χ3n) is 2.79. The Balaban J connectivity index is 2.59. The number of rotatable bonds is 8.